The molecule has 0 rings (SSSR count). The Morgan fingerprint density at radius 2 is 1.17 bits per heavy atom. The molecule has 0 aliphatic carbocycles. The maximum absolute atomic E-state index is 12.6. The summed E-state index contributed by atoms with van der Waals surface area (Å²) in [7, 11) is -4.68. The number of phosphoric ester groups is 1. The summed E-state index contributed by atoms with van der Waals surface area (Å²) in [6.45, 7) is 4.41. The number of ether oxygens (including phenoxy) is 2. The van der Waals surface area contributed by atoms with Crippen LogP contribution in [0.2, 0.25) is 0 Å². The van der Waals surface area contributed by atoms with Crippen molar-refractivity contribution in [1.29, 1.82) is 0 Å². The average Bonchev–Trinajstić information content (AvgIpc) is 3.19. The molecule has 3 N–H and O–H groups in total. The number of allylic oxidation sites excluding steroid dienone is 8. The van der Waals surface area contributed by atoms with Crippen molar-refractivity contribution in [2.45, 2.75) is 193 Å². The molecular weight excluding hydrogens is 759 g/mol. The zero-order chi connectivity index (χ0) is 43.0. The second-order valence-corrected chi connectivity index (χ2v) is 17.0. The van der Waals surface area contributed by atoms with Crippen LogP contribution < -0.4 is 0 Å². The van der Waals surface area contributed by atoms with Gasteiger partial charge in [0.2, 0.25) is 0 Å². The maximum atomic E-state index is 12.6. The number of hydrogen-bond acceptors (Lipinski definition) is 10. The smallest absolute Gasteiger partial charge is 0.462 e. The molecule has 58 heavy (non-hydrogen) atoms. The minimum atomic E-state index is -4.68. The number of ketones is 1. The first-order valence-electron chi connectivity index (χ1n) is 22.4. The van der Waals surface area contributed by atoms with Crippen LogP contribution in [0.25, 0.3) is 0 Å². The number of aliphatic hydroxyl groups is 2. The molecule has 12 heteroatoms. The van der Waals surface area contributed by atoms with Crippen molar-refractivity contribution in [2.24, 2.45) is 5.92 Å². The number of phosphoric acid groups is 1. The molecule has 0 radical (unpaired) electrons. The first-order valence-corrected chi connectivity index (χ1v) is 23.9. The Kier molecular flexibility index (Phi) is 38.4. The third-order valence-electron chi connectivity index (χ3n) is 9.39. The fraction of sp³-hybridized carbons (Fsp3) is 0.761. The van der Waals surface area contributed by atoms with Gasteiger partial charge in [-0.2, -0.15) is 0 Å². The highest BCUT2D eigenvalue weighted by molar-refractivity contribution is 7.47. The van der Waals surface area contributed by atoms with Crippen LogP contribution in [0, 0.1) is 5.92 Å². The Labute approximate surface area is 351 Å². The molecule has 0 bridgehead atoms. The fourth-order valence-corrected chi connectivity index (χ4v) is 6.69. The van der Waals surface area contributed by atoms with Crippen molar-refractivity contribution in [3.8, 4) is 0 Å². The predicted octanol–water partition coefficient (Wildman–Crippen LogP) is 11.2. The molecule has 0 aliphatic heterocycles. The summed E-state index contributed by atoms with van der Waals surface area (Å²) in [4.78, 5) is 47.2. The number of hydrogen-bond donors (Lipinski definition) is 3. The van der Waals surface area contributed by atoms with Gasteiger partial charge in [0.15, 0.2) is 11.9 Å². The molecule has 0 aliphatic rings. The summed E-state index contributed by atoms with van der Waals surface area (Å²) in [5.74, 6) is -0.514. The maximum Gasteiger partial charge on any atom is 0.472 e. The van der Waals surface area contributed by atoms with Gasteiger partial charge in [0.25, 0.3) is 0 Å². The molecule has 0 spiro atoms. The highest BCUT2D eigenvalue weighted by atomic mass is 31.2. The molecule has 0 fully saturated rings. The number of esters is 2. The summed E-state index contributed by atoms with van der Waals surface area (Å²) in [5.41, 5.74) is 0. The zero-order valence-electron chi connectivity index (χ0n) is 36.4. The van der Waals surface area contributed by atoms with E-state index >= 15 is 0 Å². The van der Waals surface area contributed by atoms with Crippen molar-refractivity contribution in [2.75, 3.05) is 26.4 Å². The molecule has 3 atom stereocenters. The van der Waals surface area contributed by atoms with E-state index in [2.05, 4.69) is 49.6 Å². The fourth-order valence-electron chi connectivity index (χ4n) is 5.90. The van der Waals surface area contributed by atoms with Gasteiger partial charge in [-0.1, -0.05) is 166 Å². The molecule has 0 heterocycles. The summed E-state index contributed by atoms with van der Waals surface area (Å²) >= 11 is 0. The van der Waals surface area contributed by atoms with Gasteiger partial charge in [0.1, 0.15) is 12.7 Å². The Hall–Kier alpha value is -2.40. The molecule has 0 aromatic heterocycles. The lowest BCUT2D eigenvalue weighted by atomic mass is 10.0. The summed E-state index contributed by atoms with van der Waals surface area (Å²) in [6.07, 6.45) is 38.0. The largest absolute Gasteiger partial charge is 0.472 e. The van der Waals surface area contributed by atoms with Crippen molar-refractivity contribution in [3.05, 3.63) is 48.6 Å². The standard InChI is InChI=1S/C46H81O11P/c1-4-5-6-7-8-9-10-13-17-20-23-26-29-33-42(48)34-31-36-46(51)57-44(40-56-58(52,53)55-38-43(49)37-47)39-54-45(50)35-30-27-24-21-18-15-12-11-14-16-19-22-25-28-32-41(2)3/h8-9,13,17,23,26,29,33,41,43-44,47,49H,4-7,10-12,14-16,18-22,24-25,27-28,30-32,34-40H2,1-3H3,(H,52,53)/b9-8-,17-13-,26-23-,33-29+/t43-,44+/m0/s1. The van der Waals surface area contributed by atoms with E-state index in [1.54, 1.807) is 12.2 Å². The van der Waals surface area contributed by atoms with Gasteiger partial charge in [-0.05, 0) is 50.5 Å². The predicted molar refractivity (Wildman–Crippen MR) is 233 cm³/mol. The van der Waals surface area contributed by atoms with Gasteiger partial charge in [-0.3, -0.25) is 23.4 Å². The Morgan fingerprint density at radius 1 is 0.621 bits per heavy atom. The summed E-state index contributed by atoms with van der Waals surface area (Å²) in [5, 5.41) is 18.3. The van der Waals surface area contributed by atoms with Gasteiger partial charge in [0, 0.05) is 19.3 Å². The molecule has 0 saturated heterocycles. The van der Waals surface area contributed by atoms with Gasteiger partial charge < -0.3 is 24.6 Å². The van der Waals surface area contributed by atoms with Crippen LogP contribution in [-0.2, 0) is 37.5 Å². The van der Waals surface area contributed by atoms with Crippen LogP contribution in [0.4, 0.5) is 0 Å². The summed E-state index contributed by atoms with van der Waals surface area (Å²) < 4.78 is 32.5. The van der Waals surface area contributed by atoms with Gasteiger partial charge >= 0.3 is 19.8 Å². The number of aliphatic hydroxyl groups excluding tert-OH is 2. The van der Waals surface area contributed by atoms with E-state index in [0.29, 0.717) is 6.42 Å². The van der Waals surface area contributed by atoms with Crippen LogP contribution in [0.1, 0.15) is 181 Å². The molecule has 0 amide bonds. The number of carbonyl (C=O) groups excluding carboxylic acids is 3. The van der Waals surface area contributed by atoms with E-state index in [1.807, 2.05) is 6.08 Å². The quantitative estimate of drug-likeness (QED) is 0.0134. The minimum Gasteiger partial charge on any atom is -0.462 e. The number of unbranched alkanes of at least 4 members (excludes halogenated alkanes) is 16. The van der Waals surface area contributed by atoms with Gasteiger partial charge in [-0.25, -0.2) is 4.57 Å². The molecule has 11 nitrogen and oxygen atoms in total. The van der Waals surface area contributed by atoms with Gasteiger partial charge in [-0.15, -0.1) is 0 Å². The lowest BCUT2D eigenvalue weighted by molar-refractivity contribution is -0.161. The average molecular weight is 841 g/mol. The highest BCUT2D eigenvalue weighted by Gasteiger charge is 2.27. The number of rotatable bonds is 41. The number of carbonyl (C=O) groups is 3. The van der Waals surface area contributed by atoms with Crippen molar-refractivity contribution in [1.82, 2.24) is 0 Å². The van der Waals surface area contributed by atoms with Crippen LogP contribution in [-0.4, -0.2) is 71.5 Å². The van der Waals surface area contributed by atoms with Gasteiger partial charge in [0.05, 0.1) is 19.8 Å². The van der Waals surface area contributed by atoms with Crippen LogP contribution in [0.15, 0.2) is 48.6 Å². The first kappa shape index (κ1) is 55.6. The van der Waals surface area contributed by atoms with E-state index < -0.39 is 58.4 Å². The van der Waals surface area contributed by atoms with Crippen LogP contribution >= 0.6 is 7.82 Å². The molecule has 1 unspecified atom stereocenters. The summed E-state index contributed by atoms with van der Waals surface area (Å²) in [6, 6.07) is 0. The third kappa shape index (κ3) is 40.4. The Morgan fingerprint density at radius 3 is 1.78 bits per heavy atom. The second kappa shape index (κ2) is 40.0. The monoisotopic (exact) mass is 841 g/mol. The molecule has 0 aromatic rings. The topological polar surface area (TPSA) is 166 Å². The Balaban J connectivity index is 4.46. The highest BCUT2D eigenvalue weighted by Crippen LogP contribution is 2.43. The molecular formula is C46H81O11P. The van der Waals surface area contributed by atoms with Crippen molar-refractivity contribution < 1.29 is 52.6 Å². The SMILES string of the molecule is CCCCC/C=C\C/C=C\C/C=C\C=C\C(=O)CCCC(=O)O[C@H](COC(=O)CCCCCCCCCCCCCCCCC(C)C)COP(=O)(O)OC[C@@H](O)CO. The van der Waals surface area contributed by atoms with Crippen LogP contribution in [0.5, 0.6) is 0 Å². The van der Waals surface area contributed by atoms with E-state index in [4.69, 9.17) is 19.1 Å². The second-order valence-electron chi connectivity index (χ2n) is 15.6. The molecule has 0 aromatic carbocycles. The third-order valence-corrected chi connectivity index (χ3v) is 10.3. The van der Waals surface area contributed by atoms with E-state index in [1.165, 1.54) is 96.0 Å². The van der Waals surface area contributed by atoms with E-state index in [0.717, 1.165) is 44.4 Å². The first-order chi connectivity index (χ1) is 28.0. The molecule has 0 saturated carbocycles. The van der Waals surface area contributed by atoms with Crippen LogP contribution in [0.3, 0.4) is 0 Å². The molecule has 336 valence electrons. The van der Waals surface area contributed by atoms with Crippen molar-refractivity contribution in [3.63, 3.8) is 0 Å². The van der Waals surface area contributed by atoms with E-state index in [9.17, 15) is 28.9 Å². The van der Waals surface area contributed by atoms with E-state index in [-0.39, 0.29) is 31.5 Å². The Bertz CT molecular complexity index is 1180. The minimum absolute atomic E-state index is 0.105. The lowest BCUT2D eigenvalue weighted by Crippen LogP contribution is -2.30. The normalized spacial score (nSPS) is 14.3. The van der Waals surface area contributed by atoms with Crippen molar-refractivity contribution >= 4 is 25.5 Å². The zero-order valence-corrected chi connectivity index (χ0v) is 37.3. The lowest BCUT2D eigenvalue weighted by Gasteiger charge is -2.20.